The van der Waals surface area contributed by atoms with Crippen LogP contribution in [0.1, 0.15) is 109 Å². The molecule has 3 unspecified atom stereocenters. The van der Waals surface area contributed by atoms with E-state index in [9.17, 15) is 19.5 Å². The molecule has 2 fully saturated rings. The monoisotopic (exact) mass is 862 g/mol. The molecule has 1 N–H and O–H groups in total. The van der Waals surface area contributed by atoms with Gasteiger partial charge < -0.3 is 43.0 Å². The van der Waals surface area contributed by atoms with E-state index < -0.39 is 36.0 Å². The maximum absolute atomic E-state index is 13.1. The van der Waals surface area contributed by atoms with Gasteiger partial charge in [-0.25, -0.2) is 9.59 Å². The number of allylic oxidation sites excluding steroid dienone is 2. The second kappa shape index (κ2) is 21.3. The number of hydrogen-bond acceptors (Lipinski definition) is 12. The third kappa shape index (κ3) is 12.7. The fourth-order valence-electron chi connectivity index (χ4n) is 8.45. The maximum Gasteiger partial charge on any atom is 0.338 e. The van der Waals surface area contributed by atoms with Crippen LogP contribution in [0.5, 0.6) is 0 Å². The number of carbonyl (C=O) groups is 3. The van der Waals surface area contributed by atoms with Crippen LogP contribution in [0.3, 0.4) is 0 Å². The summed E-state index contributed by atoms with van der Waals surface area (Å²) in [5.74, 6) is -2.62. The van der Waals surface area contributed by atoms with Gasteiger partial charge in [-0.3, -0.25) is 4.79 Å². The second-order valence-corrected chi connectivity index (χ2v) is 18.0. The number of aliphatic hydroxyl groups excluding tert-OH is 1. The van der Waals surface area contributed by atoms with Gasteiger partial charge in [0, 0.05) is 25.0 Å². The Labute approximate surface area is 368 Å². The third-order valence-electron chi connectivity index (χ3n) is 11.9. The fraction of sp³-hybridized carbons (Fsp3) is 0.620. The Balaban J connectivity index is 0.000000234. The van der Waals surface area contributed by atoms with Crippen molar-refractivity contribution >= 4 is 17.7 Å². The van der Waals surface area contributed by atoms with Crippen molar-refractivity contribution in [2.24, 2.45) is 11.8 Å². The SMILES string of the molecule is CCOC1C=C2/C=C/C[C@@H]3OC(C)(C)O[C@@H]3C(=O)/C=C\[C@@H](C)[C@H](C)OC(=O)C2=C(C)C1.CCOC1C=C2/C=C/C[C@@H]3OC(C)(C)O[C@@H]3C(O)/C=C\[C@@H](C)[C@H](C)OC(=O)C2=C(C)C1. The maximum atomic E-state index is 13.1. The normalized spacial score (nSPS) is 37.2. The second-order valence-electron chi connectivity index (χ2n) is 18.0. The fourth-order valence-corrected chi connectivity index (χ4v) is 8.45. The number of cyclic esters (lactones) is 2. The highest BCUT2D eigenvalue weighted by atomic mass is 16.8. The van der Waals surface area contributed by atoms with Crippen LogP contribution in [0.4, 0.5) is 0 Å². The average molecular weight is 863 g/mol. The van der Waals surface area contributed by atoms with Gasteiger partial charge in [-0.1, -0.05) is 67.5 Å². The number of fused-ring (bicyclic) bond motifs is 4. The molecule has 0 aromatic rings. The van der Waals surface area contributed by atoms with Crippen LogP contribution in [-0.2, 0) is 52.3 Å². The van der Waals surface area contributed by atoms with Gasteiger partial charge in [-0.2, -0.15) is 0 Å². The molecule has 0 bridgehead atoms. The summed E-state index contributed by atoms with van der Waals surface area (Å²) in [6.07, 6.45) is 17.4. The predicted octanol–water partition coefficient (Wildman–Crippen LogP) is 8.21. The zero-order valence-electron chi connectivity index (χ0n) is 38.8. The summed E-state index contributed by atoms with van der Waals surface area (Å²) in [6.45, 7) is 24.0. The molecule has 2 saturated heterocycles. The first-order chi connectivity index (χ1) is 29.2. The molecule has 4 aliphatic heterocycles. The first-order valence-electron chi connectivity index (χ1n) is 22.3. The first-order valence-corrected chi connectivity index (χ1v) is 22.3. The van der Waals surface area contributed by atoms with Crippen LogP contribution < -0.4 is 0 Å². The lowest BCUT2D eigenvalue weighted by Crippen LogP contribution is -2.34. The lowest BCUT2D eigenvalue weighted by atomic mass is 9.89. The van der Waals surface area contributed by atoms with Crippen molar-refractivity contribution in [2.75, 3.05) is 13.2 Å². The van der Waals surface area contributed by atoms with Gasteiger partial charge in [0.15, 0.2) is 17.4 Å². The number of rotatable bonds is 4. The minimum Gasteiger partial charge on any atom is -0.458 e. The standard InChI is InChI=1S/C25H36O6.C25H34O6/c2*1-7-28-19-13-16(3)22-18(14-19)9-8-10-21-23(31-25(5,6)30-21)20(26)12-11-15(2)17(4)29-24(22)27/h8-9,11-12,14-15,17,19-21,23,26H,7,10,13H2,1-6H3;8-9,11-12,14-15,17,19,21,23H,7,10,13H2,1-6H3/b2*9-8+,12-11-/t15-,17+,19?,20?,21+,23-;15-,17+,19?,21+,23-/m11/s1. The summed E-state index contributed by atoms with van der Waals surface area (Å²) < 4.78 is 47.1. The Bertz CT molecular complexity index is 1890. The highest BCUT2D eigenvalue weighted by Crippen LogP contribution is 2.36. The van der Waals surface area contributed by atoms with Crippen molar-refractivity contribution in [3.05, 3.63) is 94.2 Å². The molecule has 0 aromatic heterocycles. The third-order valence-corrected chi connectivity index (χ3v) is 11.9. The van der Waals surface area contributed by atoms with E-state index in [0.717, 1.165) is 22.3 Å². The molecule has 0 saturated carbocycles. The molecule has 0 spiro atoms. The number of hydrogen-bond donors (Lipinski definition) is 1. The van der Waals surface area contributed by atoms with E-state index >= 15 is 0 Å². The number of carbonyl (C=O) groups excluding carboxylic acids is 3. The van der Waals surface area contributed by atoms with E-state index in [4.69, 9.17) is 37.9 Å². The Morgan fingerprint density at radius 1 is 0.645 bits per heavy atom. The largest absolute Gasteiger partial charge is 0.458 e. The summed E-state index contributed by atoms with van der Waals surface area (Å²) >= 11 is 0. The number of esters is 2. The van der Waals surface area contributed by atoms with Crippen LogP contribution in [0, 0.1) is 11.8 Å². The van der Waals surface area contributed by atoms with Crippen LogP contribution in [0.25, 0.3) is 0 Å². The lowest BCUT2D eigenvalue weighted by Gasteiger charge is -2.26. The highest BCUT2D eigenvalue weighted by molar-refractivity contribution is 5.97. The first kappa shape index (κ1) is 49.3. The van der Waals surface area contributed by atoms with Crippen molar-refractivity contribution in [1.82, 2.24) is 0 Å². The van der Waals surface area contributed by atoms with E-state index in [0.29, 0.717) is 50.0 Å². The van der Waals surface area contributed by atoms with Crippen molar-refractivity contribution in [2.45, 2.75) is 175 Å². The van der Waals surface area contributed by atoms with Gasteiger partial charge in [-0.15, -0.1) is 0 Å². The van der Waals surface area contributed by atoms with E-state index in [-0.39, 0.29) is 60.1 Å². The Kier molecular flexibility index (Phi) is 16.9. The average Bonchev–Trinajstić information content (AvgIpc) is 3.68. The van der Waals surface area contributed by atoms with Crippen LogP contribution in [0.15, 0.2) is 94.2 Å². The molecule has 0 aromatic carbocycles. The summed E-state index contributed by atoms with van der Waals surface area (Å²) in [7, 11) is 0. The highest BCUT2D eigenvalue weighted by Gasteiger charge is 2.45. The zero-order chi connectivity index (χ0) is 45.5. The molecular formula is C50H70O12. The smallest absolute Gasteiger partial charge is 0.338 e. The Morgan fingerprint density at radius 3 is 1.63 bits per heavy atom. The van der Waals surface area contributed by atoms with Gasteiger partial charge in [0.05, 0.1) is 35.6 Å². The van der Waals surface area contributed by atoms with Gasteiger partial charge in [0.2, 0.25) is 0 Å². The van der Waals surface area contributed by atoms with Crippen molar-refractivity contribution in [3.8, 4) is 0 Å². The molecule has 4 heterocycles. The number of ketones is 1. The Hall–Kier alpha value is -3.75. The van der Waals surface area contributed by atoms with Crippen LogP contribution in [-0.4, -0.2) is 103 Å². The van der Waals surface area contributed by atoms with Gasteiger partial charge in [0.1, 0.15) is 30.5 Å². The van der Waals surface area contributed by atoms with Gasteiger partial charge >= 0.3 is 11.9 Å². The quantitative estimate of drug-likeness (QED) is 0.215. The molecule has 6 aliphatic rings. The summed E-state index contributed by atoms with van der Waals surface area (Å²) in [6, 6.07) is 0. The van der Waals surface area contributed by atoms with Gasteiger partial charge in [-0.05, 0) is 124 Å². The molecule has 62 heavy (non-hydrogen) atoms. The zero-order valence-corrected chi connectivity index (χ0v) is 38.8. The number of ether oxygens (including phenoxy) is 8. The number of aliphatic hydroxyl groups is 1. The molecule has 12 nitrogen and oxygen atoms in total. The molecule has 342 valence electrons. The summed E-state index contributed by atoms with van der Waals surface area (Å²) in [5, 5.41) is 10.7. The predicted molar refractivity (Wildman–Crippen MR) is 236 cm³/mol. The summed E-state index contributed by atoms with van der Waals surface area (Å²) in [4.78, 5) is 38.9. The molecular weight excluding hydrogens is 793 g/mol. The molecule has 2 aliphatic carbocycles. The van der Waals surface area contributed by atoms with Crippen LogP contribution >= 0.6 is 0 Å². The molecule has 0 radical (unpaired) electrons. The van der Waals surface area contributed by atoms with Crippen molar-refractivity contribution < 1.29 is 57.4 Å². The molecule has 12 heteroatoms. The van der Waals surface area contributed by atoms with Crippen LogP contribution in [0.2, 0.25) is 0 Å². The van der Waals surface area contributed by atoms with E-state index in [1.165, 1.54) is 6.08 Å². The van der Waals surface area contributed by atoms with Gasteiger partial charge in [0.25, 0.3) is 0 Å². The topological polar surface area (TPSA) is 145 Å². The molecule has 0 amide bonds. The lowest BCUT2D eigenvalue weighted by molar-refractivity contribution is -0.152. The Morgan fingerprint density at radius 2 is 1.11 bits per heavy atom. The van der Waals surface area contributed by atoms with E-state index in [1.807, 2.05) is 126 Å². The summed E-state index contributed by atoms with van der Waals surface area (Å²) in [5.41, 5.74) is 4.68. The van der Waals surface area contributed by atoms with Crippen molar-refractivity contribution in [1.29, 1.82) is 0 Å². The van der Waals surface area contributed by atoms with E-state index in [1.54, 1.807) is 12.2 Å². The minimum absolute atomic E-state index is 0.0704. The van der Waals surface area contributed by atoms with E-state index in [2.05, 4.69) is 0 Å². The molecule has 11 atom stereocenters. The van der Waals surface area contributed by atoms with Crippen molar-refractivity contribution in [3.63, 3.8) is 0 Å². The minimum atomic E-state index is -0.829. The molecule has 6 rings (SSSR count).